The second-order valence-corrected chi connectivity index (χ2v) is 4.79. The summed E-state index contributed by atoms with van der Waals surface area (Å²) in [6.07, 6.45) is 1.95. The van der Waals surface area contributed by atoms with Crippen molar-refractivity contribution in [3.63, 3.8) is 0 Å². The van der Waals surface area contributed by atoms with Crippen LogP contribution in [0.2, 0.25) is 5.02 Å². The molecule has 0 fully saturated rings. The van der Waals surface area contributed by atoms with Crippen LogP contribution in [0.25, 0.3) is 0 Å². The molecule has 1 atom stereocenters. The molecular weight excluding hydrogens is 296 g/mol. The van der Waals surface area contributed by atoms with Crippen molar-refractivity contribution in [2.24, 2.45) is 0 Å². The Morgan fingerprint density at radius 3 is 2.81 bits per heavy atom. The number of aliphatic hydroxyl groups is 1. The van der Waals surface area contributed by atoms with E-state index in [1.54, 1.807) is 12.1 Å². The zero-order valence-corrected chi connectivity index (χ0v) is 12.0. The third-order valence-corrected chi connectivity index (χ3v) is 3.36. The molecule has 7 heteroatoms. The van der Waals surface area contributed by atoms with Gasteiger partial charge in [0.15, 0.2) is 11.5 Å². The topological polar surface area (TPSA) is 73.7 Å². The SMILES string of the molecule is COc1nccnc1C(O)c1cc(Cl)c2c(c1)OCCO2. The van der Waals surface area contributed by atoms with E-state index < -0.39 is 6.10 Å². The smallest absolute Gasteiger partial charge is 0.238 e. The first-order chi connectivity index (χ1) is 10.2. The van der Waals surface area contributed by atoms with Gasteiger partial charge in [-0.2, -0.15) is 0 Å². The van der Waals surface area contributed by atoms with Gasteiger partial charge >= 0.3 is 0 Å². The second-order valence-electron chi connectivity index (χ2n) is 4.38. The largest absolute Gasteiger partial charge is 0.486 e. The Hall–Kier alpha value is -2.05. The minimum absolute atomic E-state index is 0.260. The number of fused-ring (bicyclic) bond motifs is 1. The van der Waals surface area contributed by atoms with Gasteiger partial charge in [-0.05, 0) is 17.7 Å². The first-order valence-electron chi connectivity index (χ1n) is 6.32. The maximum atomic E-state index is 10.5. The molecule has 1 aliphatic heterocycles. The summed E-state index contributed by atoms with van der Waals surface area (Å²) in [4.78, 5) is 8.13. The first kappa shape index (κ1) is 13.9. The van der Waals surface area contributed by atoms with Crippen LogP contribution in [-0.4, -0.2) is 35.4 Å². The monoisotopic (exact) mass is 308 g/mol. The van der Waals surface area contributed by atoms with Gasteiger partial charge in [0.1, 0.15) is 25.0 Å². The van der Waals surface area contributed by atoms with E-state index in [2.05, 4.69) is 9.97 Å². The highest BCUT2D eigenvalue weighted by atomic mass is 35.5. The lowest BCUT2D eigenvalue weighted by atomic mass is 10.1. The molecule has 0 saturated heterocycles. The summed E-state index contributed by atoms with van der Waals surface area (Å²) in [6.45, 7) is 0.893. The molecule has 1 aromatic carbocycles. The Labute approximate surface area is 126 Å². The lowest BCUT2D eigenvalue weighted by Crippen LogP contribution is -2.16. The van der Waals surface area contributed by atoms with Gasteiger partial charge in [-0.15, -0.1) is 0 Å². The predicted octanol–water partition coefficient (Wildman–Crippen LogP) is 1.99. The highest BCUT2D eigenvalue weighted by Gasteiger charge is 2.23. The average Bonchev–Trinajstić information content (AvgIpc) is 2.54. The third-order valence-electron chi connectivity index (χ3n) is 3.08. The van der Waals surface area contributed by atoms with Crippen molar-refractivity contribution in [2.45, 2.75) is 6.10 Å². The first-order valence-corrected chi connectivity index (χ1v) is 6.70. The second kappa shape index (κ2) is 5.75. The van der Waals surface area contributed by atoms with Crippen LogP contribution in [0.3, 0.4) is 0 Å². The summed E-state index contributed by atoms with van der Waals surface area (Å²) < 4.78 is 16.1. The lowest BCUT2D eigenvalue weighted by Gasteiger charge is -2.21. The van der Waals surface area contributed by atoms with Crippen LogP contribution in [0.15, 0.2) is 24.5 Å². The lowest BCUT2D eigenvalue weighted by molar-refractivity contribution is 0.169. The van der Waals surface area contributed by atoms with Crippen LogP contribution in [-0.2, 0) is 0 Å². The fourth-order valence-electron chi connectivity index (χ4n) is 2.13. The number of hydrogen-bond donors (Lipinski definition) is 1. The minimum Gasteiger partial charge on any atom is -0.486 e. The normalized spacial score (nSPS) is 14.6. The van der Waals surface area contributed by atoms with Gasteiger partial charge in [0.25, 0.3) is 0 Å². The molecule has 2 heterocycles. The minimum atomic E-state index is -1.03. The Kier molecular flexibility index (Phi) is 3.81. The van der Waals surface area contributed by atoms with E-state index in [1.807, 2.05) is 0 Å². The molecule has 2 aromatic rings. The number of aromatic nitrogens is 2. The predicted molar refractivity (Wildman–Crippen MR) is 75.1 cm³/mol. The fourth-order valence-corrected chi connectivity index (χ4v) is 2.40. The van der Waals surface area contributed by atoms with Crippen LogP contribution in [0, 0.1) is 0 Å². The van der Waals surface area contributed by atoms with Gasteiger partial charge in [0, 0.05) is 12.4 Å². The van der Waals surface area contributed by atoms with Gasteiger partial charge in [-0.3, -0.25) is 4.98 Å². The molecule has 21 heavy (non-hydrogen) atoms. The molecule has 110 valence electrons. The van der Waals surface area contributed by atoms with Crippen molar-refractivity contribution >= 4 is 11.6 Å². The molecule has 0 saturated carbocycles. The van der Waals surface area contributed by atoms with E-state index >= 15 is 0 Å². The van der Waals surface area contributed by atoms with Crippen LogP contribution in [0.5, 0.6) is 17.4 Å². The number of rotatable bonds is 3. The summed E-state index contributed by atoms with van der Waals surface area (Å²) in [7, 11) is 1.47. The summed E-state index contributed by atoms with van der Waals surface area (Å²) in [5, 5.41) is 10.9. The number of nitrogens with zero attached hydrogens (tertiary/aromatic N) is 2. The highest BCUT2D eigenvalue weighted by Crippen LogP contribution is 2.41. The number of ether oxygens (including phenoxy) is 3. The van der Waals surface area contributed by atoms with Gasteiger partial charge in [-0.25, -0.2) is 4.98 Å². The Balaban J connectivity index is 2.02. The molecular formula is C14H13ClN2O4. The third kappa shape index (κ3) is 2.59. The van der Waals surface area contributed by atoms with E-state index in [1.165, 1.54) is 19.5 Å². The molecule has 1 aromatic heterocycles. The van der Waals surface area contributed by atoms with Crippen LogP contribution in [0.1, 0.15) is 17.4 Å². The molecule has 0 amide bonds. The zero-order chi connectivity index (χ0) is 14.8. The van der Waals surface area contributed by atoms with E-state index in [0.717, 1.165) is 0 Å². The van der Waals surface area contributed by atoms with Crippen LogP contribution < -0.4 is 14.2 Å². The number of aliphatic hydroxyl groups excluding tert-OH is 1. The number of hydrogen-bond acceptors (Lipinski definition) is 6. The van der Waals surface area contributed by atoms with Crippen molar-refractivity contribution in [2.75, 3.05) is 20.3 Å². The van der Waals surface area contributed by atoms with Crippen LogP contribution >= 0.6 is 11.6 Å². The summed E-state index contributed by atoms with van der Waals surface area (Å²) in [5.74, 6) is 1.26. The van der Waals surface area contributed by atoms with Gasteiger partial charge in [-0.1, -0.05) is 11.6 Å². The standard InChI is InChI=1S/C14H13ClN2O4/c1-19-14-11(16-2-3-17-14)12(18)8-6-9(15)13-10(7-8)20-4-5-21-13/h2-3,6-7,12,18H,4-5H2,1H3. The summed E-state index contributed by atoms with van der Waals surface area (Å²) in [6, 6.07) is 3.30. The molecule has 0 bridgehead atoms. The molecule has 0 radical (unpaired) electrons. The van der Waals surface area contributed by atoms with E-state index in [0.29, 0.717) is 41.0 Å². The number of benzene rings is 1. The number of halogens is 1. The molecule has 3 rings (SSSR count). The van der Waals surface area contributed by atoms with Crippen molar-refractivity contribution < 1.29 is 19.3 Å². The molecule has 1 unspecified atom stereocenters. The molecule has 1 N–H and O–H groups in total. The van der Waals surface area contributed by atoms with E-state index in [-0.39, 0.29) is 5.88 Å². The van der Waals surface area contributed by atoms with Gasteiger partial charge < -0.3 is 19.3 Å². The summed E-state index contributed by atoms with van der Waals surface area (Å²) in [5.41, 5.74) is 0.843. The fraction of sp³-hybridized carbons (Fsp3) is 0.286. The van der Waals surface area contributed by atoms with Crippen molar-refractivity contribution in [1.29, 1.82) is 0 Å². The Morgan fingerprint density at radius 2 is 2.00 bits per heavy atom. The Morgan fingerprint density at radius 1 is 1.24 bits per heavy atom. The average molecular weight is 309 g/mol. The van der Waals surface area contributed by atoms with Crippen molar-refractivity contribution in [3.05, 3.63) is 40.8 Å². The summed E-state index contributed by atoms with van der Waals surface area (Å²) >= 11 is 6.17. The van der Waals surface area contributed by atoms with E-state index in [9.17, 15) is 5.11 Å². The quantitative estimate of drug-likeness (QED) is 0.935. The van der Waals surface area contributed by atoms with Crippen LogP contribution in [0.4, 0.5) is 0 Å². The molecule has 1 aliphatic rings. The maximum absolute atomic E-state index is 10.5. The molecule has 0 spiro atoms. The maximum Gasteiger partial charge on any atom is 0.238 e. The van der Waals surface area contributed by atoms with Gasteiger partial charge in [0.2, 0.25) is 5.88 Å². The Bertz CT molecular complexity index is 665. The van der Waals surface area contributed by atoms with E-state index in [4.69, 9.17) is 25.8 Å². The zero-order valence-electron chi connectivity index (χ0n) is 11.2. The van der Waals surface area contributed by atoms with Crippen molar-refractivity contribution in [1.82, 2.24) is 9.97 Å². The highest BCUT2D eigenvalue weighted by molar-refractivity contribution is 6.32. The molecule has 0 aliphatic carbocycles. The molecule has 6 nitrogen and oxygen atoms in total. The number of methoxy groups -OCH3 is 1. The van der Waals surface area contributed by atoms with Crippen molar-refractivity contribution in [3.8, 4) is 17.4 Å². The van der Waals surface area contributed by atoms with Gasteiger partial charge in [0.05, 0.1) is 12.1 Å².